The molecule has 1 N–H and O–H groups in total. The molecule has 6 aromatic rings. The molecule has 0 saturated carbocycles. The molecule has 0 saturated heterocycles. The molecule has 6 rings (SSSR count). The van der Waals surface area contributed by atoms with E-state index in [9.17, 15) is 14.9 Å². The average Bonchev–Trinajstić information content (AvgIpc) is 3.78. The van der Waals surface area contributed by atoms with E-state index in [4.69, 9.17) is 11.6 Å². The maximum Gasteiger partial charge on any atom is 0.290 e. The number of nitrogens with zero attached hydrogens (tertiary/aromatic N) is 7. The van der Waals surface area contributed by atoms with Gasteiger partial charge in [-0.25, -0.2) is 9.97 Å². The van der Waals surface area contributed by atoms with Gasteiger partial charge < -0.3 is 9.88 Å². The first kappa shape index (κ1) is 27.2. The van der Waals surface area contributed by atoms with Crippen molar-refractivity contribution >= 4 is 46.0 Å². The Morgan fingerprint density at radius 2 is 2.00 bits per heavy atom. The van der Waals surface area contributed by atoms with Crippen LogP contribution in [0.15, 0.2) is 89.8 Å². The van der Waals surface area contributed by atoms with E-state index in [1.807, 2.05) is 12.1 Å². The average molecular weight is 611 g/mol. The predicted molar refractivity (Wildman–Crippen MR) is 162 cm³/mol. The van der Waals surface area contributed by atoms with Gasteiger partial charge in [-0.3, -0.25) is 14.6 Å². The number of thiophene rings is 2. The Hall–Kier alpha value is -4.96. The molecule has 13 heteroatoms. The van der Waals surface area contributed by atoms with Crippen LogP contribution in [0.3, 0.4) is 0 Å². The normalized spacial score (nSPS) is 10.9. The number of hydrogen-bond donors (Lipinski definition) is 1. The first-order valence-corrected chi connectivity index (χ1v) is 14.6. The summed E-state index contributed by atoms with van der Waals surface area (Å²) in [5, 5.41) is 19.9. The highest BCUT2D eigenvalue weighted by Gasteiger charge is 2.27. The molecule has 0 aliphatic rings. The van der Waals surface area contributed by atoms with E-state index in [2.05, 4.69) is 31.4 Å². The topological polar surface area (TPSA) is 131 Å². The number of halogens is 1. The lowest BCUT2D eigenvalue weighted by molar-refractivity contribution is 0.0952. The molecule has 0 atom stereocenters. The number of nitrogens with one attached hydrogen (secondary N) is 1. The molecular weight excluding hydrogens is 592 g/mol. The van der Waals surface area contributed by atoms with Gasteiger partial charge in [-0.05, 0) is 41.8 Å². The zero-order valence-corrected chi connectivity index (χ0v) is 24.0. The number of carbonyl (C=O) groups excluding carboxylic acids is 1. The first-order chi connectivity index (χ1) is 20.5. The summed E-state index contributed by atoms with van der Waals surface area (Å²) in [4.78, 5) is 41.3. The van der Waals surface area contributed by atoms with Crippen LogP contribution in [-0.4, -0.2) is 35.2 Å². The van der Waals surface area contributed by atoms with Crippen molar-refractivity contribution in [1.29, 1.82) is 5.26 Å². The van der Waals surface area contributed by atoms with Crippen molar-refractivity contribution in [2.45, 2.75) is 13.1 Å². The molecule has 0 aliphatic heterocycles. The molecule has 0 amide bonds. The van der Waals surface area contributed by atoms with Crippen molar-refractivity contribution in [1.82, 2.24) is 29.3 Å². The summed E-state index contributed by atoms with van der Waals surface area (Å²) in [5.41, 5.74) is 1.97. The maximum atomic E-state index is 14.0. The maximum absolute atomic E-state index is 14.0. The van der Waals surface area contributed by atoms with Gasteiger partial charge >= 0.3 is 0 Å². The fourth-order valence-corrected chi connectivity index (χ4v) is 6.02. The van der Waals surface area contributed by atoms with Crippen LogP contribution in [-0.2, 0) is 13.1 Å². The Labute approximate surface area is 252 Å². The molecule has 6 heterocycles. The van der Waals surface area contributed by atoms with E-state index in [1.165, 1.54) is 33.6 Å². The van der Waals surface area contributed by atoms with Crippen LogP contribution in [0.4, 0.5) is 5.82 Å². The van der Waals surface area contributed by atoms with Gasteiger partial charge in [0.1, 0.15) is 23.7 Å². The van der Waals surface area contributed by atoms with E-state index in [1.54, 1.807) is 66.6 Å². The smallest absolute Gasteiger partial charge is 0.290 e. The highest BCUT2D eigenvalue weighted by atomic mass is 35.5. The van der Waals surface area contributed by atoms with Gasteiger partial charge in [0.2, 0.25) is 0 Å². The molecule has 10 nitrogen and oxygen atoms in total. The fourth-order valence-electron chi connectivity index (χ4n) is 4.35. The van der Waals surface area contributed by atoms with Crippen molar-refractivity contribution in [3.8, 4) is 28.5 Å². The monoisotopic (exact) mass is 610 g/mol. The Balaban J connectivity index is 1.54. The summed E-state index contributed by atoms with van der Waals surface area (Å²) < 4.78 is 3.27. The molecule has 6 aromatic heterocycles. The Kier molecular flexibility index (Phi) is 7.70. The van der Waals surface area contributed by atoms with E-state index in [0.29, 0.717) is 27.0 Å². The highest BCUT2D eigenvalue weighted by molar-refractivity contribution is 7.16. The minimum absolute atomic E-state index is 0.0663. The van der Waals surface area contributed by atoms with E-state index >= 15 is 0 Å². The summed E-state index contributed by atoms with van der Waals surface area (Å²) in [6, 6.07) is 16.3. The van der Waals surface area contributed by atoms with Crippen molar-refractivity contribution in [3.63, 3.8) is 0 Å². The third kappa shape index (κ3) is 5.48. The van der Waals surface area contributed by atoms with E-state index in [-0.39, 0.29) is 29.2 Å². The summed E-state index contributed by atoms with van der Waals surface area (Å²) in [6.07, 6.45) is 8.07. The number of carbonyl (C=O) groups is 1. The summed E-state index contributed by atoms with van der Waals surface area (Å²) in [6.45, 7) is 0.450. The van der Waals surface area contributed by atoms with Crippen LogP contribution in [0.5, 0.6) is 0 Å². The molecule has 0 fully saturated rings. The Morgan fingerprint density at radius 3 is 2.69 bits per heavy atom. The summed E-state index contributed by atoms with van der Waals surface area (Å²) >= 11 is 8.74. The molecule has 0 unspecified atom stereocenters. The second kappa shape index (κ2) is 11.9. The third-order valence-electron chi connectivity index (χ3n) is 6.29. The Bertz CT molecular complexity index is 1980. The van der Waals surface area contributed by atoms with Gasteiger partial charge in [-0.2, -0.15) is 15.0 Å². The van der Waals surface area contributed by atoms with Gasteiger partial charge in [0.05, 0.1) is 33.6 Å². The molecule has 42 heavy (non-hydrogen) atoms. The van der Waals surface area contributed by atoms with Crippen LogP contribution in [0, 0.1) is 11.3 Å². The van der Waals surface area contributed by atoms with Crippen LogP contribution < -0.4 is 10.9 Å². The summed E-state index contributed by atoms with van der Waals surface area (Å²) in [5.74, 6) is -0.242. The van der Waals surface area contributed by atoms with Crippen LogP contribution in [0.25, 0.3) is 22.4 Å². The van der Waals surface area contributed by atoms with Gasteiger partial charge in [0.15, 0.2) is 5.82 Å². The van der Waals surface area contributed by atoms with Crippen molar-refractivity contribution in [3.05, 3.63) is 121 Å². The molecule has 0 spiro atoms. The van der Waals surface area contributed by atoms with E-state index < -0.39 is 11.5 Å². The largest absolute Gasteiger partial charge is 0.364 e. The minimum atomic E-state index is -0.427. The quantitative estimate of drug-likeness (QED) is 0.237. The molecule has 206 valence electrons. The lowest BCUT2D eigenvalue weighted by Gasteiger charge is -2.11. The van der Waals surface area contributed by atoms with Gasteiger partial charge in [0.25, 0.3) is 11.5 Å². The predicted octanol–water partition coefficient (Wildman–Crippen LogP) is 5.56. The van der Waals surface area contributed by atoms with Crippen LogP contribution in [0.2, 0.25) is 4.34 Å². The zero-order chi connectivity index (χ0) is 29.1. The number of pyridine rings is 2. The van der Waals surface area contributed by atoms with Crippen molar-refractivity contribution in [2.75, 3.05) is 5.32 Å². The molecule has 0 aliphatic carbocycles. The van der Waals surface area contributed by atoms with E-state index in [0.717, 1.165) is 15.1 Å². The van der Waals surface area contributed by atoms with Gasteiger partial charge in [-0.15, -0.1) is 22.7 Å². The van der Waals surface area contributed by atoms with Crippen molar-refractivity contribution < 1.29 is 4.79 Å². The molecule has 0 bridgehead atoms. The summed E-state index contributed by atoms with van der Waals surface area (Å²) in [7, 11) is 0. The van der Waals surface area contributed by atoms with Gasteiger partial charge in [0, 0.05) is 40.8 Å². The zero-order valence-electron chi connectivity index (χ0n) is 21.6. The number of rotatable bonds is 8. The highest BCUT2D eigenvalue weighted by Crippen LogP contribution is 2.31. The Morgan fingerprint density at radius 1 is 1.10 bits per heavy atom. The molecular formula is C29H19ClN8O2S2. The molecule has 0 aromatic carbocycles. The standard InChI is InChI=1S/C29H19ClN8O2S2/c30-25-6-5-21(42-25)14-34-27-23(12-31)26(36-38(27)29(40)24-4-2-10-41-24)22-11-19(18-3-1-8-32-13-18)15-37(28(22)39)16-20-7-9-33-17-35-20/h1-11,13,15,17,34H,14,16H2. The van der Waals surface area contributed by atoms with Crippen molar-refractivity contribution in [2.24, 2.45) is 0 Å². The number of nitriles is 1. The molecule has 0 radical (unpaired) electrons. The SMILES string of the molecule is N#Cc1c(-c2cc(-c3cccnc3)cn(Cc3ccncn3)c2=O)nn(C(=O)c2cccs2)c1NCc1ccc(Cl)s1. The number of hydrogen-bond acceptors (Lipinski definition) is 10. The lowest BCUT2D eigenvalue weighted by Crippen LogP contribution is -2.23. The second-order valence-electron chi connectivity index (χ2n) is 8.96. The number of aromatic nitrogens is 6. The minimum Gasteiger partial charge on any atom is -0.364 e. The fraction of sp³-hybridized carbons (Fsp3) is 0.0690. The van der Waals surface area contributed by atoms with Gasteiger partial charge in [-0.1, -0.05) is 23.7 Å². The first-order valence-electron chi connectivity index (χ1n) is 12.5. The number of anilines is 1. The second-order valence-corrected chi connectivity index (χ2v) is 11.7. The van der Waals surface area contributed by atoms with Crippen LogP contribution >= 0.6 is 34.3 Å². The third-order valence-corrected chi connectivity index (χ3v) is 8.38. The van der Waals surface area contributed by atoms with Crippen LogP contribution in [0.1, 0.15) is 25.8 Å². The lowest BCUT2D eigenvalue weighted by atomic mass is 10.0.